The van der Waals surface area contributed by atoms with Crippen LogP contribution in [0.2, 0.25) is 0 Å². The lowest BCUT2D eigenvalue weighted by atomic mass is 10.4. The van der Waals surface area contributed by atoms with Crippen LogP contribution < -0.4 is 5.32 Å². The first-order valence-electron chi connectivity index (χ1n) is 5.83. The topological polar surface area (TPSA) is 55.6 Å². The Kier molecular flexibility index (Phi) is 2.90. The zero-order valence-corrected chi connectivity index (χ0v) is 10.6. The van der Waals surface area contributed by atoms with Gasteiger partial charge < -0.3 is 5.32 Å². The highest BCUT2D eigenvalue weighted by Crippen LogP contribution is 2.19. The number of nitrogens with one attached hydrogen (secondary N) is 1. The van der Waals surface area contributed by atoms with Crippen molar-refractivity contribution < 1.29 is 0 Å². The summed E-state index contributed by atoms with van der Waals surface area (Å²) < 4.78 is 1.87. The maximum Gasteiger partial charge on any atom is 0.0965 e. The molecule has 0 unspecified atom stereocenters. The molecule has 1 saturated carbocycles. The number of aryl methyl sites for hydroxylation is 1. The van der Waals surface area contributed by atoms with E-state index in [4.69, 9.17) is 0 Å². The average molecular weight is 249 g/mol. The molecule has 6 heteroatoms. The van der Waals surface area contributed by atoms with Gasteiger partial charge in [0.2, 0.25) is 0 Å². The summed E-state index contributed by atoms with van der Waals surface area (Å²) in [5.41, 5.74) is 1.01. The largest absolute Gasteiger partial charge is 0.308 e. The van der Waals surface area contributed by atoms with Crippen molar-refractivity contribution in [3.63, 3.8) is 0 Å². The fourth-order valence-corrected chi connectivity index (χ4v) is 2.46. The molecule has 17 heavy (non-hydrogen) atoms. The Bertz CT molecular complexity index is 499. The summed E-state index contributed by atoms with van der Waals surface area (Å²) in [5, 5.41) is 12.8. The normalized spacial score (nSPS) is 15.4. The van der Waals surface area contributed by atoms with Crippen LogP contribution in [0.3, 0.4) is 0 Å². The molecule has 2 heterocycles. The second-order valence-electron chi connectivity index (χ2n) is 4.41. The molecule has 0 saturated heterocycles. The van der Waals surface area contributed by atoms with Gasteiger partial charge in [-0.05, 0) is 19.8 Å². The molecular weight excluding hydrogens is 234 g/mol. The summed E-state index contributed by atoms with van der Waals surface area (Å²) in [6.07, 6.45) is 6.51. The predicted octanol–water partition coefficient (Wildman–Crippen LogP) is 1.34. The van der Waals surface area contributed by atoms with E-state index >= 15 is 0 Å². The lowest BCUT2D eigenvalue weighted by molar-refractivity contribution is 0.650. The first-order valence-corrected chi connectivity index (χ1v) is 6.65. The molecule has 1 fully saturated rings. The first kappa shape index (κ1) is 10.9. The van der Waals surface area contributed by atoms with Crippen molar-refractivity contribution in [1.82, 2.24) is 25.3 Å². The van der Waals surface area contributed by atoms with Crippen LogP contribution >= 0.6 is 11.3 Å². The van der Waals surface area contributed by atoms with Gasteiger partial charge in [0.25, 0.3) is 0 Å². The van der Waals surface area contributed by atoms with E-state index in [0.29, 0.717) is 6.04 Å². The van der Waals surface area contributed by atoms with Crippen LogP contribution in [0.4, 0.5) is 0 Å². The van der Waals surface area contributed by atoms with Gasteiger partial charge in [0, 0.05) is 23.7 Å². The molecular formula is C11H15N5S. The monoisotopic (exact) mass is 249 g/mol. The number of nitrogens with zero attached hydrogens (tertiary/aromatic N) is 4. The minimum atomic E-state index is 0.712. The van der Waals surface area contributed by atoms with Gasteiger partial charge in [-0.2, -0.15) is 0 Å². The summed E-state index contributed by atoms with van der Waals surface area (Å²) in [5.74, 6) is 0. The van der Waals surface area contributed by atoms with Crippen molar-refractivity contribution in [3.05, 3.63) is 28.0 Å². The second-order valence-corrected chi connectivity index (χ2v) is 5.73. The summed E-state index contributed by atoms with van der Waals surface area (Å²) in [6.45, 7) is 3.61. The Morgan fingerprint density at radius 1 is 1.53 bits per heavy atom. The molecule has 0 bridgehead atoms. The van der Waals surface area contributed by atoms with Crippen LogP contribution in [0.25, 0.3) is 0 Å². The van der Waals surface area contributed by atoms with Crippen LogP contribution in [-0.2, 0) is 13.1 Å². The van der Waals surface area contributed by atoms with E-state index in [2.05, 4.69) is 20.6 Å². The van der Waals surface area contributed by atoms with Gasteiger partial charge in [0.05, 0.1) is 23.4 Å². The number of rotatable bonds is 5. The Balaban J connectivity index is 1.59. The van der Waals surface area contributed by atoms with Crippen molar-refractivity contribution in [2.75, 3.05) is 0 Å². The SMILES string of the molecule is Cc1ncc(Cn2cc(CNC3CC3)nn2)s1. The molecule has 5 nitrogen and oxygen atoms in total. The van der Waals surface area contributed by atoms with E-state index < -0.39 is 0 Å². The quantitative estimate of drug-likeness (QED) is 0.869. The summed E-state index contributed by atoms with van der Waals surface area (Å²) in [4.78, 5) is 5.45. The van der Waals surface area contributed by atoms with E-state index in [0.717, 1.165) is 23.8 Å². The van der Waals surface area contributed by atoms with E-state index in [1.54, 1.807) is 11.3 Å². The number of aromatic nitrogens is 4. The van der Waals surface area contributed by atoms with Gasteiger partial charge in [-0.25, -0.2) is 9.67 Å². The predicted molar refractivity (Wildman–Crippen MR) is 65.8 cm³/mol. The third-order valence-corrected chi connectivity index (χ3v) is 3.62. The summed E-state index contributed by atoms with van der Waals surface area (Å²) >= 11 is 1.70. The number of thiazole rings is 1. The van der Waals surface area contributed by atoms with E-state index in [1.807, 2.05) is 24.0 Å². The van der Waals surface area contributed by atoms with Crippen LogP contribution in [0.5, 0.6) is 0 Å². The number of hydrogen-bond acceptors (Lipinski definition) is 5. The fourth-order valence-electron chi connectivity index (χ4n) is 1.67. The third kappa shape index (κ3) is 2.89. The third-order valence-electron chi connectivity index (χ3n) is 2.72. The molecule has 1 aliphatic carbocycles. The van der Waals surface area contributed by atoms with Crippen molar-refractivity contribution in [1.29, 1.82) is 0 Å². The Morgan fingerprint density at radius 3 is 3.12 bits per heavy atom. The maximum absolute atomic E-state index is 4.23. The van der Waals surface area contributed by atoms with Crippen molar-refractivity contribution >= 4 is 11.3 Å². The van der Waals surface area contributed by atoms with Crippen LogP contribution in [0, 0.1) is 6.92 Å². The van der Waals surface area contributed by atoms with Crippen LogP contribution in [0.15, 0.2) is 12.4 Å². The highest BCUT2D eigenvalue weighted by Gasteiger charge is 2.20. The molecule has 90 valence electrons. The standard InChI is InChI=1S/C11H15N5S/c1-8-12-5-11(17-8)7-16-6-10(14-15-16)4-13-9-2-3-9/h5-6,9,13H,2-4,7H2,1H3. The Morgan fingerprint density at radius 2 is 2.41 bits per heavy atom. The molecule has 2 aromatic heterocycles. The lowest BCUT2D eigenvalue weighted by Crippen LogP contribution is -2.15. The van der Waals surface area contributed by atoms with Crippen molar-refractivity contribution in [2.45, 2.75) is 38.9 Å². The fraction of sp³-hybridized carbons (Fsp3) is 0.545. The number of hydrogen-bond donors (Lipinski definition) is 1. The van der Waals surface area contributed by atoms with Crippen LogP contribution in [0.1, 0.15) is 28.4 Å². The first-order chi connectivity index (χ1) is 8.29. The zero-order chi connectivity index (χ0) is 11.7. The molecule has 1 aliphatic rings. The molecule has 3 rings (SSSR count). The van der Waals surface area contributed by atoms with Gasteiger partial charge >= 0.3 is 0 Å². The highest BCUT2D eigenvalue weighted by atomic mass is 32.1. The molecule has 0 amide bonds. The molecule has 0 radical (unpaired) electrons. The van der Waals surface area contributed by atoms with E-state index in [-0.39, 0.29) is 0 Å². The molecule has 0 aliphatic heterocycles. The molecule has 2 aromatic rings. The molecule has 0 aromatic carbocycles. The zero-order valence-electron chi connectivity index (χ0n) is 9.76. The lowest BCUT2D eigenvalue weighted by Gasteiger charge is -1.97. The minimum absolute atomic E-state index is 0.712. The Labute approximate surface area is 104 Å². The van der Waals surface area contributed by atoms with Gasteiger partial charge in [-0.15, -0.1) is 16.4 Å². The van der Waals surface area contributed by atoms with E-state index in [1.165, 1.54) is 17.7 Å². The van der Waals surface area contributed by atoms with Crippen molar-refractivity contribution in [2.24, 2.45) is 0 Å². The second kappa shape index (κ2) is 4.54. The van der Waals surface area contributed by atoms with E-state index in [9.17, 15) is 0 Å². The summed E-state index contributed by atoms with van der Waals surface area (Å²) in [7, 11) is 0. The average Bonchev–Trinajstić information content (AvgIpc) is 2.90. The van der Waals surface area contributed by atoms with Gasteiger partial charge in [-0.1, -0.05) is 5.21 Å². The molecule has 1 N–H and O–H groups in total. The minimum Gasteiger partial charge on any atom is -0.308 e. The van der Waals surface area contributed by atoms with Crippen LogP contribution in [-0.4, -0.2) is 26.0 Å². The van der Waals surface area contributed by atoms with Gasteiger partial charge in [0.15, 0.2) is 0 Å². The molecule has 0 atom stereocenters. The molecule has 0 spiro atoms. The maximum atomic E-state index is 4.23. The highest BCUT2D eigenvalue weighted by molar-refractivity contribution is 7.11. The van der Waals surface area contributed by atoms with Gasteiger partial charge in [0.1, 0.15) is 0 Å². The van der Waals surface area contributed by atoms with Crippen molar-refractivity contribution in [3.8, 4) is 0 Å². The Hall–Kier alpha value is -1.27. The smallest absolute Gasteiger partial charge is 0.0965 e. The summed E-state index contributed by atoms with van der Waals surface area (Å²) in [6, 6.07) is 0.712. The van der Waals surface area contributed by atoms with Gasteiger partial charge in [-0.3, -0.25) is 0 Å².